The molecule has 2 unspecified atom stereocenters. The number of nitrogens with one attached hydrogen (secondary N) is 1. The number of hydrogen-bond acceptors (Lipinski definition) is 3. The molecular weight excluding hydrogens is 320 g/mol. The van der Waals surface area contributed by atoms with Gasteiger partial charge in [-0.1, -0.05) is 13.0 Å². The van der Waals surface area contributed by atoms with E-state index in [1.807, 2.05) is 39.0 Å². The molecule has 1 aromatic carbocycles. The minimum Gasteiger partial charge on any atom is -0.372 e. The number of amides is 2. The van der Waals surface area contributed by atoms with Crippen LogP contribution in [0, 0.1) is 6.92 Å². The molecule has 108 valence electrons. The van der Waals surface area contributed by atoms with Crippen LogP contribution in [-0.2, 0) is 9.59 Å². The summed E-state index contributed by atoms with van der Waals surface area (Å²) in [5.41, 5.74) is 1.98. The van der Waals surface area contributed by atoms with Crippen LogP contribution in [0.25, 0.3) is 0 Å². The van der Waals surface area contributed by atoms with Crippen molar-refractivity contribution in [3.8, 4) is 0 Å². The summed E-state index contributed by atoms with van der Waals surface area (Å²) >= 11 is 3.47. The van der Waals surface area contributed by atoms with Gasteiger partial charge in [-0.15, -0.1) is 0 Å². The molecule has 1 aromatic rings. The predicted octanol–water partition coefficient (Wildman–Crippen LogP) is 3.10. The number of anilines is 1. The number of rotatable bonds is 4. The number of hydrogen-bond donors (Lipinski definition) is 1. The number of carbonyl (C=O) groups excluding carboxylic acids is 2. The van der Waals surface area contributed by atoms with Gasteiger partial charge in [-0.3, -0.25) is 14.5 Å². The summed E-state index contributed by atoms with van der Waals surface area (Å²) in [5, 5.41) is 3.17. The first-order chi connectivity index (χ1) is 9.43. The van der Waals surface area contributed by atoms with E-state index in [0.29, 0.717) is 0 Å². The second-order valence-electron chi connectivity index (χ2n) is 5.24. The van der Waals surface area contributed by atoms with E-state index in [1.165, 1.54) is 4.90 Å². The van der Waals surface area contributed by atoms with Crippen LogP contribution in [-0.4, -0.2) is 28.8 Å². The number of benzene rings is 1. The summed E-state index contributed by atoms with van der Waals surface area (Å²) in [6.45, 7) is 5.88. The van der Waals surface area contributed by atoms with Crippen molar-refractivity contribution >= 4 is 33.4 Å². The molecule has 1 fully saturated rings. The maximum atomic E-state index is 12.3. The van der Waals surface area contributed by atoms with Gasteiger partial charge in [0.05, 0.1) is 6.42 Å². The summed E-state index contributed by atoms with van der Waals surface area (Å²) in [6.07, 6.45) is 1.00. The van der Waals surface area contributed by atoms with Crippen molar-refractivity contribution in [2.24, 2.45) is 0 Å². The highest BCUT2D eigenvalue weighted by molar-refractivity contribution is 9.10. The second kappa shape index (κ2) is 5.95. The zero-order valence-electron chi connectivity index (χ0n) is 11.9. The highest BCUT2D eigenvalue weighted by atomic mass is 79.9. The fraction of sp³-hybridized carbons (Fsp3) is 0.467. The minimum atomic E-state index is -0.462. The van der Waals surface area contributed by atoms with Crippen LogP contribution < -0.4 is 5.32 Å². The van der Waals surface area contributed by atoms with E-state index in [9.17, 15) is 9.59 Å². The number of aryl methyl sites for hydroxylation is 1. The van der Waals surface area contributed by atoms with E-state index in [2.05, 4.69) is 21.2 Å². The van der Waals surface area contributed by atoms with E-state index < -0.39 is 6.04 Å². The van der Waals surface area contributed by atoms with E-state index in [1.54, 1.807) is 0 Å². The van der Waals surface area contributed by atoms with Gasteiger partial charge in [0.1, 0.15) is 6.04 Å². The van der Waals surface area contributed by atoms with Crippen LogP contribution in [0.2, 0.25) is 0 Å². The van der Waals surface area contributed by atoms with E-state index in [-0.39, 0.29) is 24.3 Å². The lowest BCUT2D eigenvalue weighted by Gasteiger charge is -2.22. The van der Waals surface area contributed by atoms with Crippen molar-refractivity contribution in [1.29, 1.82) is 0 Å². The number of likely N-dealkylation sites (tertiary alicyclic amines) is 1. The van der Waals surface area contributed by atoms with Gasteiger partial charge in [-0.2, -0.15) is 0 Å². The van der Waals surface area contributed by atoms with Gasteiger partial charge in [0.2, 0.25) is 5.91 Å². The average Bonchev–Trinajstić information content (AvgIpc) is 2.67. The van der Waals surface area contributed by atoms with Crippen LogP contribution in [0.3, 0.4) is 0 Å². The van der Waals surface area contributed by atoms with E-state index >= 15 is 0 Å². The summed E-state index contributed by atoms with van der Waals surface area (Å²) in [4.78, 5) is 25.7. The molecule has 20 heavy (non-hydrogen) atoms. The molecule has 4 nitrogen and oxygen atoms in total. The third-order valence-corrected chi connectivity index (χ3v) is 4.32. The quantitative estimate of drug-likeness (QED) is 0.858. The summed E-state index contributed by atoms with van der Waals surface area (Å²) < 4.78 is 0.903. The number of carbonyl (C=O) groups is 2. The lowest BCUT2D eigenvalue weighted by Crippen LogP contribution is -2.40. The Kier molecular flexibility index (Phi) is 4.48. The molecule has 5 heteroatoms. The van der Waals surface area contributed by atoms with Gasteiger partial charge >= 0.3 is 0 Å². The second-order valence-corrected chi connectivity index (χ2v) is 6.10. The van der Waals surface area contributed by atoms with Gasteiger partial charge in [-0.05, 0) is 53.9 Å². The van der Waals surface area contributed by atoms with Crippen LogP contribution >= 0.6 is 15.9 Å². The first-order valence-corrected chi connectivity index (χ1v) is 7.62. The highest BCUT2D eigenvalue weighted by Crippen LogP contribution is 2.27. The van der Waals surface area contributed by atoms with Crippen molar-refractivity contribution in [2.45, 2.75) is 45.7 Å². The fourth-order valence-electron chi connectivity index (χ4n) is 2.33. The molecule has 0 spiro atoms. The lowest BCUT2D eigenvalue weighted by atomic mass is 10.2. The highest BCUT2D eigenvalue weighted by Gasteiger charge is 2.40. The normalized spacial score (nSPS) is 20.4. The van der Waals surface area contributed by atoms with Crippen molar-refractivity contribution < 1.29 is 9.59 Å². The third-order valence-electron chi connectivity index (χ3n) is 3.67. The monoisotopic (exact) mass is 338 g/mol. The number of halogens is 1. The molecule has 0 aromatic heterocycles. The molecule has 0 aliphatic carbocycles. The molecule has 2 atom stereocenters. The smallest absolute Gasteiger partial charge is 0.252 e. The number of nitrogens with zero attached hydrogens (tertiary/aromatic N) is 1. The molecule has 2 rings (SSSR count). The molecule has 1 N–H and O–H groups in total. The first-order valence-electron chi connectivity index (χ1n) is 6.82. The summed E-state index contributed by atoms with van der Waals surface area (Å²) in [5.74, 6) is -0.220. The Morgan fingerprint density at radius 2 is 2.15 bits per heavy atom. The third kappa shape index (κ3) is 2.87. The molecule has 1 aliphatic rings. The van der Waals surface area contributed by atoms with Gasteiger partial charge in [0.15, 0.2) is 0 Å². The van der Waals surface area contributed by atoms with Gasteiger partial charge < -0.3 is 5.32 Å². The molecule has 1 heterocycles. The Balaban J connectivity index is 2.15. The topological polar surface area (TPSA) is 49.4 Å². The molecule has 1 aliphatic heterocycles. The Morgan fingerprint density at radius 3 is 2.75 bits per heavy atom. The zero-order chi connectivity index (χ0) is 14.9. The Labute approximate surface area is 127 Å². The van der Waals surface area contributed by atoms with Crippen LogP contribution in [0.5, 0.6) is 0 Å². The largest absolute Gasteiger partial charge is 0.372 e. The molecule has 0 bridgehead atoms. The minimum absolute atomic E-state index is 0.0386. The average molecular weight is 339 g/mol. The Hall–Kier alpha value is -1.36. The molecule has 1 saturated heterocycles. The summed E-state index contributed by atoms with van der Waals surface area (Å²) in [7, 11) is 0. The lowest BCUT2D eigenvalue weighted by molar-refractivity contribution is -0.140. The zero-order valence-corrected chi connectivity index (χ0v) is 13.5. The number of imide groups is 1. The standard InChI is InChI=1S/C15H19BrN2O2/c1-4-10(3)18-14(19)8-13(15(18)20)17-12-6-5-9(2)7-11(12)16/h5-7,10,13,17H,4,8H2,1-3H3. The maximum Gasteiger partial charge on any atom is 0.252 e. The Bertz CT molecular complexity index is 545. The van der Waals surface area contributed by atoms with Gasteiger partial charge in [0, 0.05) is 16.2 Å². The Morgan fingerprint density at radius 1 is 1.45 bits per heavy atom. The summed E-state index contributed by atoms with van der Waals surface area (Å²) in [6, 6.07) is 5.37. The molecule has 0 saturated carbocycles. The van der Waals surface area contributed by atoms with Gasteiger partial charge in [0.25, 0.3) is 5.91 Å². The maximum absolute atomic E-state index is 12.3. The van der Waals surface area contributed by atoms with Crippen LogP contribution in [0.4, 0.5) is 5.69 Å². The van der Waals surface area contributed by atoms with E-state index in [0.717, 1.165) is 22.1 Å². The molecular formula is C15H19BrN2O2. The first kappa shape index (κ1) is 15.0. The van der Waals surface area contributed by atoms with Crippen molar-refractivity contribution in [1.82, 2.24) is 4.90 Å². The van der Waals surface area contributed by atoms with Crippen molar-refractivity contribution in [3.05, 3.63) is 28.2 Å². The van der Waals surface area contributed by atoms with Crippen LogP contribution in [0.15, 0.2) is 22.7 Å². The van der Waals surface area contributed by atoms with Crippen molar-refractivity contribution in [2.75, 3.05) is 5.32 Å². The predicted molar refractivity (Wildman–Crippen MR) is 82.5 cm³/mol. The van der Waals surface area contributed by atoms with E-state index in [4.69, 9.17) is 0 Å². The van der Waals surface area contributed by atoms with Crippen LogP contribution in [0.1, 0.15) is 32.3 Å². The van der Waals surface area contributed by atoms with Crippen molar-refractivity contribution in [3.63, 3.8) is 0 Å². The molecule has 2 amide bonds. The molecule has 0 radical (unpaired) electrons. The van der Waals surface area contributed by atoms with Gasteiger partial charge in [-0.25, -0.2) is 0 Å². The fourth-order valence-corrected chi connectivity index (χ4v) is 2.94. The SMILES string of the molecule is CCC(C)N1C(=O)CC(Nc2ccc(C)cc2Br)C1=O.